The van der Waals surface area contributed by atoms with E-state index in [1.807, 2.05) is 6.07 Å². The number of aliphatic hydroxyl groups is 2. The van der Waals surface area contributed by atoms with Crippen LogP contribution in [0.2, 0.25) is 0 Å². The van der Waals surface area contributed by atoms with E-state index >= 15 is 0 Å². The van der Waals surface area contributed by atoms with Crippen LogP contribution in [0.1, 0.15) is 43.2 Å². The highest BCUT2D eigenvalue weighted by Gasteiger charge is 2.72. The maximum Gasteiger partial charge on any atom is 0.166 e. The lowest BCUT2D eigenvalue weighted by atomic mass is 9.48. The van der Waals surface area contributed by atoms with Crippen molar-refractivity contribution in [2.45, 2.75) is 67.8 Å². The molecule has 3 fully saturated rings. The Kier molecular flexibility index (Phi) is 2.99. The largest absolute Gasteiger partial charge is 0.493 e. The van der Waals surface area contributed by atoms with Gasteiger partial charge in [0.25, 0.3) is 0 Å². The molecule has 0 radical (unpaired) electrons. The molecule has 1 saturated heterocycles. The SMILES string of the molecule is COc1ccc2c3c1OC1C(O)CC[C@@]4(O)C(C2)N(CC2CC2)CC[C@]314. The van der Waals surface area contributed by atoms with Crippen molar-refractivity contribution >= 4 is 0 Å². The van der Waals surface area contributed by atoms with E-state index in [4.69, 9.17) is 9.47 Å². The van der Waals surface area contributed by atoms with Gasteiger partial charge in [-0.2, -0.15) is 0 Å². The predicted molar refractivity (Wildman–Crippen MR) is 95.7 cm³/mol. The molecule has 5 aliphatic rings. The van der Waals surface area contributed by atoms with E-state index in [0.29, 0.717) is 12.8 Å². The van der Waals surface area contributed by atoms with Crippen molar-refractivity contribution in [1.29, 1.82) is 0 Å². The standard InChI is InChI=1S/C21H27NO4/c1-25-15-5-4-13-10-16-21(24)7-6-14(23)19-20(21,17(13)18(15)26-19)8-9-22(16)11-12-2-3-12/h4-5,12,14,16,19,23-24H,2-3,6-11H2,1H3/t14?,16?,19?,20-,21+/m0/s1. The number of hydrogen-bond acceptors (Lipinski definition) is 5. The molecule has 1 aromatic carbocycles. The summed E-state index contributed by atoms with van der Waals surface area (Å²) in [5.41, 5.74) is 1.08. The zero-order chi connectivity index (χ0) is 17.7. The average molecular weight is 357 g/mol. The van der Waals surface area contributed by atoms with Crippen LogP contribution in [0.25, 0.3) is 0 Å². The Morgan fingerprint density at radius 3 is 2.88 bits per heavy atom. The summed E-state index contributed by atoms with van der Waals surface area (Å²) in [7, 11) is 1.66. The minimum atomic E-state index is -0.825. The molecule has 6 rings (SSSR count). The highest BCUT2D eigenvalue weighted by Crippen LogP contribution is 2.65. The second-order valence-corrected chi connectivity index (χ2v) is 9.08. The lowest BCUT2D eigenvalue weighted by Crippen LogP contribution is -2.77. The highest BCUT2D eigenvalue weighted by molar-refractivity contribution is 5.62. The van der Waals surface area contributed by atoms with Gasteiger partial charge in [0.15, 0.2) is 11.5 Å². The summed E-state index contributed by atoms with van der Waals surface area (Å²) in [6, 6.07) is 4.27. The van der Waals surface area contributed by atoms with E-state index < -0.39 is 17.1 Å². The Labute approximate surface area is 153 Å². The van der Waals surface area contributed by atoms with Crippen LogP contribution in [0.5, 0.6) is 11.5 Å². The predicted octanol–water partition coefficient (Wildman–Crippen LogP) is 1.62. The number of methoxy groups -OCH3 is 1. The topological polar surface area (TPSA) is 62.2 Å². The zero-order valence-corrected chi connectivity index (χ0v) is 15.3. The summed E-state index contributed by atoms with van der Waals surface area (Å²) in [5.74, 6) is 2.30. The second kappa shape index (κ2) is 4.94. The van der Waals surface area contributed by atoms with E-state index in [0.717, 1.165) is 48.9 Å². The van der Waals surface area contributed by atoms with Gasteiger partial charge in [0.05, 0.1) is 24.2 Å². The molecule has 1 spiro atoms. The third kappa shape index (κ3) is 1.68. The third-order valence-corrected chi connectivity index (χ3v) is 7.94. The van der Waals surface area contributed by atoms with Crippen molar-refractivity contribution in [3.8, 4) is 11.5 Å². The first-order chi connectivity index (χ1) is 12.6. The molecule has 2 aliphatic heterocycles. The van der Waals surface area contributed by atoms with Crippen LogP contribution in [0, 0.1) is 5.92 Å². The lowest BCUT2D eigenvalue weighted by Gasteiger charge is -2.63. The summed E-state index contributed by atoms with van der Waals surface area (Å²) in [6.07, 6.45) is 4.72. The normalized spacial score (nSPS) is 43.0. The maximum atomic E-state index is 12.1. The first-order valence-corrected chi connectivity index (χ1v) is 10.1. The molecule has 5 heteroatoms. The van der Waals surface area contributed by atoms with Crippen molar-refractivity contribution in [3.05, 3.63) is 23.3 Å². The molecule has 3 unspecified atom stereocenters. The van der Waals surface area contributed by atoms with Crippen LogP contribution in [0.4, 0.5) is 0 Å². The molecular formula is C21H27NO4. The molecule has 5 atom stereocenters. The van der Waals surface area contributed by atoms with Crippen molar-refractivity contribution in [2.75, 3.05) is 20.2 Å². The fourth-order valence-corrected chi connectivity index (χ4v) is 6.61. The third-order valence-electron chi connectivity index (χ3n) is 7.94. The molecule has 2 N–H and O–H groups in total. The first kappa shape index (κ1) is 15.7. The van der Waals surface area contributed by atoms with Gasteiger partial charge < -0.3 is 19.7 Å². The Morgan fingerprint density at radius 2 is 2.12 bits per heavy atom. The Morgan fingerprint density at radius 1 is 1.27 bits per heavy atom. The smallest absolute Gasteiger partial charge is 0.166 e. The van der Waals surface area contributed by atoms with E-state index in [1.54, 1.807) is 7.11 Å². The molecule has 26 heavy (non-hydrogen) atoms. The monoisotopic (exact) mass is 357 g/mol. The summed E-state index contributed by atoms with van der Waals surface area (Å²) in [4.78, 5) is 2.54. The number of nitrogens with zero attached hydrogens (tertiary/aromatic N) is 1. The van der Waals surface area contributed by atoms with Crippen molar-refractivity contribution in [2.24, 2.45) is 5.92 Å². The molecule has 0 aromatic heterocycles. The molecule has 140 valence electrons. The minimum Gasteiger partial charge on any atom is -0.493 e. The Bertz CT molecular complexity index is 778. The molecule has 2 saturated carbocycles. The number of likely N-dealkylation sites (tertiary alicyclic amines) is 1. The summed E-state index contributed by atoms with van der Waals surface area (Å²) >= 11 is 0. The van der Waals surface area contributed by atoms with Crippen LogP contribution in [0.15, 0.2) is 12.1 Å². The van der Waals surface area contributed by atoms with Gasteiger partial charge in [-0.1, -0.05) is 6.07 Å². The minimum absolute atomic E-state index is 0.127. The van der Waals surface area contributed by atoms with E-state index in [2.05, 4.69) is 11.0 Å². The number of ether oxygens (including phenoxy) is 2. The van der Waals surface area contributed by atoms with E-state index in [-0.39, 0.29) is 12.1 Å². The van der Waals surface area contributed by atoms with Gasteiger partial charge >= 0.3 is 0 Å². The van der Waals surface area contributed by atoms with Gasteiger partial charge in [0.1, 0.15) is 6.10 Å². The summed E-state index contributed by atoms with van der Waals surface area (Å²) < 4.78 is 11.9. The molecule has 3 aliphatic carbocycles. The lowest BCUT2D eigenvalue weighted by molar-refractivity contribution is -0.208. The fourth-order valence-electron chi connectivity index (χ4n) is 6.61. The average Bonchev–Trinajstić information content (AvgIpc) is 3.37. The number of piperidine rings is 1. The Balaban J connectivity index is 1.56. The molecule has 2 heterocycles. The van der Waals surface area contributed by atoms with Crippen LogP contribution < -0.4 is 9.47 Å². The number of benzene rings is 1. The van der Waals surface area contributed by atoms with Gasteiger partial charge in [-0.15, -0.1) is 0 Å². The van der Waals surface area contributed by atoms with Crippen molar-refractivity contribution in [3.63, 3.8) is 0 Å². The number of rotatable bonds is 3. The van der Waals surface area contributed by atoms with E-state index in [1.165, 1.54) is 18.4 Å². The number of aliphatic hydroxyl groups excluding tert-OH is 1. The van der Waals surface area contributed by atoms with Crippen LogP contribution in [0.3, 0.4) is 0 Å². The zero-order valence-electron chi connectivity index (χ0n) is 15.3. The van der Waals surface area contributed by atoms with Crippen LogP contribution in [-0.2, 0) is 11.8 Å². The van der Waals surface area contributed by atoms with Crippen molar-refractivity contribution in [1.82, 2.24) is 4.90 Å². The van der Waals surface area contributed by atoms with Gasteiger partial charge in [0, 0.05) is 18.2 Å². The molecule has 5 nitrogen and oxygen atoms in total. The summed E-state index contributed by atoms with van der Waals surface area (Å²) in [6.45, 7) is 2.08. The fraction of sp³-hybridized carbons (Fsp3) is 0.714. The van der Waals surface area contributed by atoms with Gasteiger partial charge in [-0.25, -0.2) is 0 Å². The number of hydrogen-bond donors (Lipinski definition) is 2. The van der Waals surface area contributed by atoms with Crippen LogP contribution >= 0.6 is 0 Å². The second-order valence-electron chi connectivity index (χ2n) is 9.08. The molecule has 2 bridgehead atoms. The summed E-state index contributed by atoms with van der Waals surface area (Å²) in [5, 5.41) is 22.9. The van der Waals surface area contributed by atoms with Gasteiger partial charge in [-0.05, 0) is 62.6 Å². The molecule has 0 amide bonds. The van der Waals surface area contributed by atoms with Crippen LogP contribution in [-0.4, -0.2) is 59.2 Å². The van der Waals surface area contributed by atoms with Crippen molar-refractivity contribution < 1.29 is 19.7 Å². The van der Waals surface area contributed by atoms with Gasteiger partial charge in [0.2, 0.25) is 0 Å². The maximum absolute atomic E-state index is 12.1. The molecular weight excluding hydrogens is 330 g/mol. The quantitative estimate of drug-likeness (QED) is 0.861. The Hall–Kier alpha value is -1.30. The first-order valence-electron chi connectivity index (χ1n) is 10.1. The van der Waals surface area contributed by atoms with E-state index in [9.17, 15) is 10.2 Å². The van der Waals surface area contributed by atoms with Gasteiger partial charge in [-0.3, -0.25) is 4.90 Å². The highest BCUT2D eigenvalue weighted by atomic mass is 16.5. The molecule has 1 aromatic rings.